The maximum absolute atomic E-state index is 12.7. The molecule has 0 saturated carbocycles. The van der Waals surface area contributed by atoms with Crippen molar-refractivity contribution in [2.24, 2.45) is 0 Å². The summed E-state index contributed by atoms with van der Waals surface area (Å²) in [6.45, 7) is 11.5. The van der Waals surface area contributed by atoms with Crippen LogP contribution in [0.3, 0.4) is 0 Å². The molecule has 6 nitrogen and oxygen atoms in total. The molecule has 30 heavy (non-hydrogen) atoms. The fourth-order valence-electron chi connectivity index (χ4n) is 3.72. The van der Waals surface area contributed by atoms with Crippen molar-refractivity contribution < 1.29 is 9.59 Å². The fourth-order valence-corrected chi connectivity index (χ4v) is 3.72. The number of hydrogen-bond donors (Lipinski definition) is 2. The van der Waals surface area contributed by atoms with Crippen LogP contribution in [-0.4, -0.2) is 49.9 Å². The molecule has 0 radical (unpaired) electrons. The average Bonchev–Trinajstić information content (AvgIpc) is 2.70. The Hall–Kier alpha value is -2.86. The van der Waals surface area contributed by atoms with Crippen LogP contribution >= 0.6 is 0 Å². The molecule has 0 atom stereocenters. The second kappa shape index (κ2) is 8.88. The second-order valence-electron chi connectivity index (χ2n) is 8.63. The number of hydrogen-bond acceptors (Lipinski definition) is 4. The molecule has 1 fully saturated rings. The number of urea groups is 1. The lowest BCUT2D eigenvalue weighted by atomic mass is 9.92. The Morgan fingerprint density at radius 3 is 2.37 bits per heavy atom. The van der Waals surface area contributed by atoms with Crippen LogP contribution in [0.1, 0.15) is 42.3 Å². The van der Waals surface area contributed by atoms with Crippen LogP contribution in [0.15, 0.2) is 42.5 Å². The van der Waals surface area contributed by atoms with Gasteiger partial charge in [0, 0.05) is 43.1 Å². The van der Waals surface area contributed by atoms with Crippen LogP contribution in [0.5, 0.6) is 0 Å². The van der Waals surface area contributed by atoms with E-state index in [1.807, 2.05) is 50.2 Å². The van der Waals surface area contributed by atoms with Crippen LogP contribution in [0.4, 0.5) is 16.2 Å². The van der Waals surface area contributed by atoms with E-state index in [-0.39, 0.29) is 11.8 Å². The summed E-state index contributed by atoms with van der Waals surface area (Å²) < 4.78 is 0. The number of nitrogens with zero attached hydrogens (tertiary/aromatic N) is 2. The van der Waals surface area contributed by atoms with Gasteiger partial charge in [0.15, 0.2) is 5.78 Å². The number of likely N-dealkylation sites (N-methyl/N-ethyl adjacent to an activating group) is 1. The van der Waals surface area contributed by atoms with Crippen molar-refractivity contribution >= 4 is 23.2 Å². The molecule has 1 saturated heterocycles. The highest BCUT2D eigenvalue weighted by molar-refractivity contribution is 5.94. The number of nitrogens with one attached hydrogen (secondary N) is 2. The van der Waals surface area contributed by atoms with E-state index >= 15 is 0 Å². The van der Waals surface area contributed by atoms with Crippen molar-refractivity contribution in [3.8, 4) is 0 Å². The van der Waals surface area contributed by atoms with E-state index < -0.39 is 5.54 Å². The maximum Gasteiger partial charge on any atom is 0.319 e. The van der Waals surface area contributed by atoms with Gasteiger partial charge in [-0.3, -0.25) is 4.79 Å². The Labute approximate surface area is 179 Å². The first-order valence-electron chi connectivity index (χ1n) is 10.4. The monoisotopic (exact) mass is 408 g/mol. The molecule has 6 heteroatoms. The van der Waals surface area contributed by atoms with Crippen LogP contribution in [0.2, 0.25) is 0 Å². The maximum atomic E-state index is 12.7. The Kier molecular flexibility index (Phi) is 6.46. The van der Waals surface area contributed by atoms with Crippen molar-refractivity contribution in [2.75, 3.05) is 43.4 Å². The summed E-state index contributed by atoms with van der Waals surface area (Å²) in [5.41, 5.74) is 4.02. The van der Waals surface area contributed by atoms with E-state index in [2.05, 4.69) is 34.4 Å². The Morgan fingerprint density at radius 1 is 1.00 bits per heavy atom. The van der Waals surface area contributed by atoms with Crippen molar-refractivity contribution in [1.29, 1.82) is 0 Å². The minimum absolute atomic E-state index is 0.00759. The Balaban J connectivity index is 1.70. The molecule has 2 aromatic carbocycles. The molecule has 1 aliphatic heterocycles. The van der Waals surface area contributed by atoms with Crippen LogP contribution < -0.4 is 15.5 Å². The normalized spacial score (nSPS) is 15.0. The van der Waals surface area contributed by atoms with Gasteiger partial charge in [0.05, 0.1) is 5.54 Å². The second-order valence-corrected chi connectivity index (χ2v) is 8.63. The lowest BCUT2D eigenvalue weighted by Gasteiger charge is -2.35. The third kappa shape index (κ3) is 5.19. The van der Waals surface area contributed by atoms with Gasteiger partial charge in [-0.05, 0) is 64.1 Å². The zero-order valence-electron chi connectivity index (χ0n) is 18.6. The molecule has 1 heterocycles. The highest BCUT2D eigenvalue weighted by Gasteiger charge is 2.24. The Bertz CT molecular complexity index is 931. The van der Waals surface area contributed by atoms with Crippen LogP contribution in [0.25, 0.3) is 0 Å². The zero-order chi connectivity index (χ0) is 21.9. The molecule has 2 amide bonds. The summed E-state index contributed by atoms with van der Waals surface area (Å²) in [5, 5.41) is 5.99. The van der Waals surface area contributed by atoms with Crippen molar-refractivity contribution in [1.82, 2.24) is 10.2 Å². The number of benzene rings is 2. The molecule has 2 N–H and O–H groups in total. The van der Waals surface area contributed by atoms with E-state index in [0.717, 1.165) is 43.1 Å². The third-order valence-corrected chi connectivity index (χ3v) is 5.73. The van der Waals surface area contributed by atoms with E-state index in [9.17, 15) is 9.59 Å². The van der Waals surface area contributed by atoms with Gasteiger partial charge in [-0.2, -0.15) is 0 Å². The molecule has 160 valence electrons. The van der Waals surface area contributed by atoms with Crippen LogP contribution in [-0.2, 0) is 5.54 Å². The summed E-state index contributed by atoms with van der Waals surface area (Å²) in [5.74, 6) is 0.00759. The molecular formula is C24H32N4O2. The number of amides is 2. The van der Waals surface area contributed by atoms with Gasteiger partial charge in [-0.15, -0.1) is 0 Å². The number of piperazine rings is 1. The van der Waals surface area contributed by atoms with Crippen molar-refractivity contribution in [2.45, 2.75) is 33.2 Å². The standard InChI is InChI=1S/C24H32N4O2/c1-17-9-10-21(16-22(17)28-13-11-27(5)12-14-28)25-23(30)26-24(3,4)20-8-6-7-19(15-20)18(2)29/h6-10,15-16H,11-14H2,1-5H3,(H2,25,26,30). The molecule has 1 aliphatic rings. The number of aryl methyl sites for hydroxylation is 1. The minimum Gasteiger partial charge on any atom is -0.369 e. The van der Waals surface area contributed by atoms with Gasteiger partial charge in [0.2, 0.25) is 0 Å². The predicted molar refractivity (Wildman–Crippen MR) is 123 cm³/mol. The van der Waals surface area contributed by atoms with Gasteiger partial charge in [0.25, 0.3) is 0 Å². The number of rotatable bonds is 5. The summed E-state index contributed by atoms with van der Waals surface area (Å²) in [4.78, 5) is 29.1. The van der Waals surface area contributed by atoms with E-state index in [1.165, 1.54) is 5.56 Å². The highest BCUT2D eigenvalue weighted by Crippen LogP contribution is 2.26. The van der Waals surface area contributed by atoms with Gasteiger partial charge in [-0.25, -0.2) is 4.79 Å². The van der Waals surface area contributed by atoms with E-state index in [0.29, 0.717) is 5.56 Å². The van der Waals surface area contributed by atoms with Gasteiger partial charge in [0.1, 0.15) is 0 Å². The molecule has 0 unspecified atom stereocenters. The summed E-state index contributed by atoms with van der Waals surface area (Å²) in [7, 11) is 2.14. The first kappa shape index (κ1) is 21.8. The SMILES string of the molecule is CC(=O)c1cccc(C(C)(C)NC(=O)Nc2ccc(C)c(N3CCN(C)CC3)c2)c1. The number of carbonyl (C=O) groups excluding carboxylic acids is 2. The smallest absolute Gasteiger partial charge is 0.319 e. The predicted octanol–water partition coefficient (Wildman–Crippen LogP) is 4.01. The van der Waals surface area contributed by atoms with Crippen molar-refractivity contribution in [3.63, 3.8) is 0 Å². The molecule has 0 aromatic heterocycles. The van der Waals surface area contributed by atoms with Gasteiger partial charge in [-0.1, -0.05) is 24.3 Å². The van der Waals surface area contributed by atoms with Gasteiger partial charge < -0.3 is 20.4 Å². The summed E-state index contributed by atoms with van der Waals surface area (Å²) >= 11 is 0. The number of ketones is 1. The number of carbonyl (C=O) groups is 2. The topological polar surface area (TPSA) is 64.7 Å². The number of anilines is 2. The quantitative estimate of drug-likeness (QED) is 0.734. The summed E-state index contributed by atoms with van der Waals surface area (Å²) in [6.07, 6.45) is 0. The molecule has 2 aromatic rings. The van der Waals surface area contributed by atoms with Gasteiger partial charge >= 0.3 is 6.03 Å². The Morgan fingerprint density at radius 2 is 1.70 bits per heavy atom. The fraction of sp³-hybridized carbons (Fsp3) is 0.417. The van der Waals surface area contributed by atoms with Crippen LogP contribution in [0, 0.1) is 6.92 Å². The lowest BCUT2D eigenvalue weighted by molar-refractivity contribution is 0.101. The molecule has 3 rings (SSSR count). The largest absolute Gasteiger partial charge is 0.369 e. The summed E-state index contributed by atoms with van der Waals surface area (Å²) in [6, 6.07) is 13.1. The first-order valence-corrected chi connectivity index (χ1v) is 10.4. The minimum atomic E-state index is -0.624. The lowest BCUT2D eigenvalue weighted by Crippen LogP contribution is -2.45. The zero-order valence-corrected chi connectivity index (χ0v) is 18.6. The molecule has 0 spiro atoms. The average molecular weight is 409 g/mol. The first-order chi connectivity index (χ1) is 14.2. The molecule has 0 bridgehead atoms. The van der Waals surface area contributed by atoms with E-state index in [4.69, 9.17) is 0 Å². The van der Waals surface area contributed by atoms with Crippen molar-refractivity contribution in [3.05, 3.63) is 59.2 Å². The van der Waals surface area contributed by atoms with E-state index in [1.54, 1.807) is 13.0 Å². The number of Topliss-reactive ketones (excluding diaryl/α,β-unsaturated/α-hetero) is 1. The third-order valence-electron chi connectivity index (χ3n) is 5.73. The highest BCUT2D eigenvalue weighted by atomic mass is 16.2. The molecule has 0 aliphatic carbocycles. The molecular weight excluding hydrogens is 376 g/mol.